The SMILES string of the molecule is NC(=O)[C@@H](CCCN=C(N)N[N+](=O)[O-])N(Cc1ccc(O)cc1)C(=O)C(O)(c1ccccc1)c1ccccc1. The van der Waals surface area contributed by atoms with E-state index >= 15 is 0 Å². The van der Waals surface area contributed by atoms with Crippen molar-refractivity contribution in [2.45, 2.75) is 31.0 Å². The van der Waals surface area contributed by atoms with E-state index < -0.39 is 34.4 Å². The van der Waals surface area contributed by atoms with Crippen LogP contribution in [0.2, 0.25) is 0 Å². The number of hydrogen-bond donors (Lipinski definition) is 5. The van der Waals surface area contributed by atoms with Crippen LogP contribution in [-0.2, 0) is 21.7 Å². The topological polar surface area (TPSA) is 197 Å². The van der Waals surface area contributed by atoms with Gasteiger partial charge in [-0.2, -0.15) is 0 Å². The van der Waals surface area contributed by atoms with Crippen molar-refractivity contribution < 1.29 is 24.8 Å². The van der Waals surface area contributed by atoms with Gasteiger partial charge in [0, 0.05) is 13.1 Å². The molecule has 3 aromatic carbocycles. The quantitative estimate of drug-likeness (QED) is 0.0755. The summed E-state index contributed by atoms with van der Waals surface area (Å²) < 4.78 is 0. The first-order valence-electron chi connectivity index (χ1n) is 12.1. The third kappa shape index (κ3) is 7.29. The number of phenols is 1. The first kappa shape index (κ1) is 28.6. The van der Waals surface area contributed by atoms with Gasteiger partial charge < -0.3 is 26.6 Å². The Morgan fingerprint density at radius 3 is 2.00 bits per heavy atom. The molecule has 0 aliphatic rings. The number of rotatable bonds is 12. The number of aromatic hydroxyl groups is 1. The van der Waals surface area contributed by atoms with Crippen molar-refractivity contribution in [3.63, 3.8) is 0 Å². The van der Waals surface area contributed by atoms with Gasteiger partial charge in [0.2, 0.25) is 5.91 Å². The second-order valence-corrected chi connectivity index (χ2v) is 8.74. The number of guanidine groups is 1. The van der Waals surface area contributed by atoms with Gasteiger partial charge in [0.15, 0.2) is 10.6 Å². The molecular formula is C27H30N6O6. The maximum Gasteiger partial charge on any atom is 0.264 e. The molecule has 0 bridgehead atoms. The predicted octanol–water partition coefficient (Wildman–Crippen LogP) is 1.39. The molecule has 1 atom stereocenters. The van der Waals surface area contributed by atoms with Gasteiger partial charge in [-0.15, -0.1) is 0 Å². The maximum absolute atomic E-state index is 14.3. The summed E-state index contributed by atoms with van der Waals surface area (Å²) in [7, 11) is 0. The summed E-state index contributed by atoms with van der Waals surface area (Å²) in [5, 5.41) is 31.4. The summed E-state index contributed by atoms with van der Waals surface area (Å²) in [6.45, 7) is -0.0949. The Labute approximate surface area is 224 Å². The van der Waals surface area contributed by atoms with Gasteiger partial charge in [0.05, 0.1) is 0 Å². The number of benzene rings is 3. The van der Waals surface area contributed by atoms with Crippen molar-refractivity contribution >= 4 is 17.8 Å². The normalized spacial score (nSPS) is 12.4. The van der Waals surface area contributed by atoms with Crippen molar-refractivity contribution in [3.8, 4) is 5.75 Å². The molecule has 0 aliphatic carbocycles. The number of carbonyl (C=O) groups is 2. The fraction of sp³-hybridized carbons (Fsp3) is 0.222. The fourth-order valence-electron chi connectivity index (χ4n) is 4.17. The number of aliphatic imine (C=N–C) groups is 1. The van der Waals surface area contributed by atoms with Crippen molar-refractivity contribution in [1.82, 2.24) is 10.3 Å². The highest BCUT2D eigenvalue weighted by atomic mass is 16.7. The summed E-state index contributed by atoms with van der Waals surface area (Å²) in [5.41, 5.74) is 11.9. The summed E-state index contributed by atoms with van der Waals surface area (Å²) in [4.78, 5) is 42.6. The number of primary amides is 1. The van der Waals surface area contributed by atoms with Crippen LogP contribution in [0.5, 0.6) is 5.75 Å². The van der Waals surface area contributed by atoms with E-state index in [0.717, 1.165) is 0 Å². The third-order valence-electron chi connectivity index (χ3n) is 6.07. The van der Waals surface area contributed by atoms with Crippen LogP contribution in [0.1, 0.15) is 29.5 Å². The molecule has 0 saturated carbocycles. The number of nitrogens with two attached hydrogens (primary N) is 2. The van der Waals surface area contributed by atoms with E-state index in [4.69, 9.17) is 11.5 Å². The number of nitrogens with zero attached hydrogens (tertiary/aromatic N) is 3. The molecule has 3 rings (SSSR count). The monoisotopic (exact) mass is 534 g/mol. The fourth-order valence-corrected chi connectivity index (χ4v) is 4.17. The van der Waals surface area contributed by atoms with Crippen LogP contribution >= 0.6 is 0 Å². The van der Waals surface area contributed by atoms with E-state index in [1.54, 1.807) is 78.2 Å². The second kappa shape index (κ2) is 13.0. The molecule has 0 unspecified atom stereocenters. The standard InChI is InChI=1S/C27H30N6O6/c28-24(35)23(12-7-17-30-26(29)31-33(38)39)32(18-19-13-15-22(34)16-14-19)25(36)27(37,20-8-3-1-4-9-20)21-10-5-2-6-11-21/h1-6,8-11,13-16,23,34,37H,7,12,17-18H2,(H2,28,35)(H3,29,30,31)/t23-/m1/s1. The number of hydrogen-bond acceptors (Lipinski definition) is 7. The van der Waals surface area contributed by atoms with Crippen molar-refractivity contribution in [2.24, 2.45) is 16.5 Å². The Kier molecular flexibility index (Phi) is 9.54. The smallest absolute Gasteiger partial charge is 0.264 e. The van der Waals surface area contributed by atoms with Gasteiger partial charge in [-0.3, -0.25) is 9.59 Å². The van der Waals surface area contributed by atoms with E-state index in [2.05, 4.69) is 4.99 Å². The molecule has 0 fully saturated rings. The van der Waals surface area contributed by atoms with Crippen LogP contribution in [0.4, 0.5) is 0 Å². The number of amides is 2. The maximum atomic E-state index is 14.3. The lowest BCUT2D eigenvalue weighted by Gasteiger charge is -2.37. The number of phenolic OH excluding ortho intramolecular Hbond substituents is 1. The minimum atomic E-state index is -2.16. The van der Waals surface area contributed by atoms with Crippen LogP contribution in [0, 0.1) is 10.1 Å². The van der Waals surface area contributed by atoms with E-state index in [1.165, 1.54) is 17.0 Å². The van der Waals surface area contributed by atoms with Gasteiger partial charge in [0.25, 0.3) is 11.9 Å². The third-order valence-corrected chi connectivity index (χ3v) is 6.07. The summed E-state index contributed by atoms with van der Waals surface area (Å²) >= 11 is 0. The highest BCUT2D eigenvalue weighted by Crippen LogP contribution is 2.33. The zero-order chi connectivity index (χ0) is 28.4. The van der Waals surface area contributed by atoms with Gasteiger partial charge in [-0.1, -0.05) is 78.2 Å². The Hall–Kier alpha value is -4.97. The van der Waals surface area contributed by atoms with E-state index in [0.29, 0.717) is 16.7 Å². The Balaban J connectivity index is 2.02. The zero-order valence-corrected chi connectivity index (χ0v) is 21.0. The molecule has 2 amide bonds. The van der Waals surface area contributed by atoms with Crippen molar-refractivity contribution in [3.05, 3.63) is 112 Å². The molecule has 0 aliphatic heterocycles. The zero-order valence-electron chi connectivity index (χ0n) is 21.0. The van der Waals surface area contributed by atoms with Crippen LogP contribution < -0.4 is 16.9 Å². The Morgan fingerprint density at radius 1 is 0.974 bits per heavy atom. The minimum Gasteiger partial charge on any atom is -0.508 e. The molecule has 0 spiro atoms. The van der Waals surface area contributed by atoms with Crippen LogP contribution in [-0.4, -0.2) is 50.5 Å². The van der Waals surface area contributed by atoms with Gasteiger partial charge in [-0.05, 0) is 41.7 Å². The molecule has 0 aromatic heterocycles. The summed E-state index contributed by atoms with van der Waals surface area (Å²) in [6, 6.07) is 21.6. The van der Waals surface area contributed by atoms with Crippen LogP contribution in [0.3, 0.4) is 0 Å². The first-order chi connectivity index (χ1) is 18.6. The number of hydrazine groups is 1. The Bertz CT molecular complexity index is 1260. The molecule has 12 nitrogen and oxygen atoms in total. The lowest BCUT2D eigenvalue weighted by Crippen LogP contribution is -2.55. The van der Waals surface area contributed by atoms with Gasteiger partial charge >= 0.3 is 0 Å². The number of carbonyl (C=O) groups excluding carboxylic acids is 2. The molecule has 0 heterocycles. The molecular weight excluding hydrogens is 504 g/mol. The summed E-state index contributed by atoms with van der Waals surface area (Å²) in [5.74, 6) is -1.98. The first-order valence-corrected chi connectivity index (χ1v) is 12.1. The number of nitro groups is 1. The average molecular weight is 535 g/mol. The average Bonchev–Trinajstić information content (AvgIpc) is 2.92. The molecule has 7 N–H and O–H groups in total. The second-order valence-electron chi connectivity index (χ2n) is 8.74. The molecule has 0 radical (unpaired) electrons. The lowest BCUT2D eigenvalue weighted by molar-refractivity contribution is -0.525. The van der Waals surface area contributed by atoms with Crippen molar-refractivity contribution in [2.75, 3.05) is 6.54 Å². The van der Waals surface area contributed by atoms with Gasteiger partial charge in [-0.25, -0.2) is 15.1 Å². The molecule has 204 valence electrons. The van der Waals surface area contributed by atoms with E-state index in [1.807, 2.05) is 0 Å². The number of aliphatic hydroxyl groups is 1. The van der Waals surface area contributed by atoms with Crippen molar-refractivity contribution in [1.29, 1.82) is 0 Å². The molecule has 3 aromatic rings. The molecule has 0 saturated heterocycles. The molecule has 39 heavy (non-hydrogen) atoms. The largest absolute Gasteiger partial charge is 0.508 e. The van der Waals surface area contributed by atoms with Gasteiger partial charge in [0.1, 0.15) is 11.8 Å². The highest BCUT2D eigenvalue weighted by Gasteiger charge is 2.45. The van der Waals surface area contributed by atoms with Crippen LogP contribution in [0.25, 0.3) is 0 Å². The highest BCUT2D eigenvalue weighted by molar-refractivity contribution is 5.94. The molecule has 12 heteroatoms. The summed E-state index contributed by atoms with van der Waals surface area (Å²) in [6.07, 6.45) is 0.232. The van der Waals surface area contributed by atoms with E-state index in [-0.39, 0.29) is 31.7 Å². The van der Waals surface area contributed by atoms with Crippen LogP contribution in [0.15, 0.2) is 89.9 Å². The lowest BCUT2D eigenvalue weighted by atomic mass is 9.84. The minimum absolute atomic E-state index is 0.0132. The predicted molar refractivity (Wildman–Crippen MR) is 143 cm³/mol. The number of nitrogens with one attached hydrogen (secondary N) is 1. The Morgan fingerprint density at radius 2 is 1.51 bits per heavy atom. The van der Waals surface area contributed by atoms with E-state index in [9.17, 15) is 29.9 Å².